The molecule has 2 aliphatic rings. The fourth-order valence-corrected chi connectivity index (χ4v) is 5.13. The molecule has 2 aliphatic heterocycles. The number of alkyl halides is 1. The Morgan fingerprint density at radius 2 is 1.74 bits per heavy atom. The molecule has 0 radical (unpaired) electrons. The van der Waals surface area contributed by atoms with E-state index in [1.165, 1.54) is 30.1 Å². The molecule has 0 aliphatic carbocycles. The van der Waals surface area contributed by atoms with E-state index >= 15 is 0 Å². The van der Waals surface area contributed by atoms with Gasteiger partial charge in [0, 0.05) is 36.3 Å². The molecule has 0 aromatic heterocycles. The first kappa shape index (κ1) is 26.4. The van der Waals surface area contributed by atoms with E-state index in [9.17, 15) is 18.4 Å². The first-order chi connectivity index (χ1) is 18.2. The van der Waals surface area contributed by atoms with E-state index in [1.807, 2.05) is 0 Å². The zero-order valence-corrected chi connectivity index (χ0v) is 22.1. The van der Waals surface area contributed by atoms with Crippen molar-refractivity contribution in [3.63, 3.8) is 0 Å². The lowest BCUT2D eigenvalue weighted by molar-refractivity contribution is 0.0303. The number of rotatable bonds is 5. The van der Waals surface area contributed by atoms with E-state index in [2.05, 4.69) is 0 Å². The summed E-state index contributed by atoms with van der Waals surface area (Å²) in [6, 6.07) is 14.4. The molecule has 38 heavy (non-hydrogen) atoms. The Morgan fingerprint density at radius 1 is 1.00 bits per heavy atom. The molecule has 3 aromatic carbocycles. The topological polar surface area (TPSA) is 53.1 Å². The fraction of sp³-hybridized carbons (Fsp3) is 0.286. The highest BCUT2D eigenvalue weighted by atomic mass is 35.5. The lowest BCUT2D eigenvalue weighted by Crippen LogP contribution is -2.49. The second-order valence-electron chi connectivity index (χ2n) is 9.27. The Bertz CT molecular complexity index is 1370. The first-order valence-electron chi connectivity index (χ1n) is 12.2. The molecule has 0 spiro atoms. The molecule has 0 unspecified atom stereocenters. The summed E-state index contributed by atoms with van der Waals surface area (Å²) in [6.07, 6.45) is -0.994. The van der Waals surface area contributed by atoms with Gasteiger partial charge in [-0.3, -0.25) is 9.59 Å². The summed E-state index contributed by atoms with van der Waals surface area (Å²) >= 11 is 12.7. The molecule has 0 N–H and O–H groups in total. The van der Waals surface area contributed by atoms with Gasteiger partial charge >= 0.3 is 0 Å². The molecule has 0 bridgehead atoms. The largest absolute Gasteiger partial charge is 0.378 e. The lowest BCUT2D eigenvalue weighted by atomic mass is 9.99. The maximum atomic E-state index is 14.5. The molecule has 2 heterocycles. The maximum Gasteiger partial charge on any atom is 0.262 e. The van der Waals surface area contributed by atoms with Gasteiger partial charge in [-0.2, -0.15) is 0 Å². The van der Waals surface area contributed by atoms with Crippen molar-refractivity contribution in [2.24, 2.45) is 0 Å². The number of benzene rings is 3. The Hall–Kier alpha value is -3.20. The predicted octanol–water partition coefficient (Wildman–Crippen LogP) is 5.71. The van der Waals surface area contributed by atoms with Crippen LogP contribution < -0.4 is 9.80 Å². The standard InChI is InChI=1S/C28H25Cl2F2N3O3/c1-33(28(37)26-22(30)3-2-4-23(26)32)24-8-6-17(14-25(24)35-15-19(31)16-35)20-13-18(5-7-21(20)29)27(36)34-9-11-38-12-10-34/h2-8,13-14,19H,9-12,15-16H2,1H3. The highest BCUT2D eigenvalue weighted by Crippen LogP contribution is 2.39. The molecule has 2 fully saturated rings. The summed E-state index contributed by atoms with van der Waals surface area (Å²) in [7, 11) is 1.52. The number of carbonyl (C=O) groups is 2. The number of morpholine rings is 1. The second kappa shape index (κ2) is 10.9. The third kappa shape index (κ3) is 5.08. The number of ether oxygens (including phenoxy) is 1. The predicted molar refractivity (Wildman–Crippen MR) is 145 cm³/mol. The summed E-state index contributed by atoms with van der Waals surface area (Å²) < 4.78 is 33.7. The van der Waals surface area contributed by atoms with Crippen LogP contribution in [0.2, 0.25) is 10.0 Å². The summed E-state index contributed by atoms with van der Waals surface area (Å²) in [5.74, 6) is -1.47. The average molecular weight is 560 g/mol. The Balaban J connectivity index is 1.52. The number of halogens is 4. The van der Waals surface area contributed by atoms with Crippen LogP contribution >= 0.6 is 23.2 Å². The molecule has 0 atom stereocenters. The van der Waals surface area contributed by atoms with E-state index in [-0.39, 0.29) is 29.6 Å². The van der Waals surface area contributed by atoms with Crippen molar-refractivity contribution in [2.45, 2.75) is 6.17 Å². The Kier molecular flexibility index (Phi) is 7.56. The molecule has 2 amide bonds. The van der Waals surface area contributed by atoms with Crippen LogP contribution in [-0.2, 0) is 4.74 Å². The highest BCUT2D eigenvalue weighted by Gasteiger charge is 2.31. The SMILES string of the molecule is CN(C(=O)c1c(F)cccc1Cl)c1ccc(-c2cc(C(=O)N3CCOCC3)ccc2Cl)cc1N1CC(F)C1. The van der Waals surface area contributed by atoms with Gasteiger partial charge < -0.3 is 19.4 Å². The van der Waals surface area contributed by atoms with Gasteiger partial charge in [0.2, 0.25) is 0 Å². The smallest absolute Gasteiger partial charge is 0.262 e. The van der Waals surface area contributed by atoms with Crippen LogP contribution in [0.25, 0.3) is 11.1 Å². The van der Waals surface area contributed by atoms with Crippen molar-refractivity contribution in [2.75, 3.05) is 56.2 Å². The van der Waals surface area contributed by atoms with Gasteiger partial charge in [-0.25, -0.2) is 8.78 Å². The summed E-state index contributed by atoms with van der Waals surface area (Å²) in [5.41, 5.74) is 2.61. The van der Waals surface area contributed by atoms with Crippen LogP contribution in [0.1, 0.15) is 20.7 Å². The Labute approximate surface area is 229 Å². The molecule has 198 valence electrons. The van der Waals surface area contributed by atoms with E-state index < -0.39 is 17.9 Å². The van der Waals surface area contributed by atoms with Crippen LogP contribution in [-0.4, -0.2) is 69.3 Å². The minimum Gasteiger partial charge on any atom is -0.378 e. The summed E-state index contributed by atoms with van der Waals surface area (Å²) in [4.78, 5) is 31.1. The molecular weight excluding hydrogens is 535 g/mol. The zero-order valence-electron chi connectivity index (χ0n) is 20.6. The fourth-order valence-electron chi connectivity index (χ4n) is 4.66. The minimum absolute atomic E-state index is 0.00123. The number of nitrogens with zero attached hydrogens (tertiary/aromatic N) is 3. The van der Waals surface area contributed by atoms with Crippen LogP contribution in [0.3, 0.4) is 0 Å². The van der Waals surface area contributed by atoms with Gasteiger partial charge in [-0.1, -0.05) is 35.3 Å². The minimum atomic E-state index is -0.994. The average Bonchev–Trinajstić information content (AvgIpc) is 2.91. The van der Waals surface area contributed by atoms with Crippen LogP contribution in [0.15, 0.2) is 54.6 Å². The van der Waals surface area contributed by atoms with E-state index in [0.29, 0.717) is 59.4 Å². The van der Waals surface area contributed by atoms with Crippen LogP contribution in [0.4, 0.5) is 20.2 Å². The summed E-state index contributed by atoms with van der Waals surface area (Å²) in [5, 5.41) is 0.443. The molecule has 3 aromatic rings. The van der Waals surface area contributed by atoms with E-state index in [1.54, 1.807) is 46.2 Å². The molecule has 6 nitrogen and oxygen atoms in total. The molecule has 5 rings (SSSR count). The summed E-state index contributed by atoms with van der Waals surface area (Å²) in [6.45, 7) is 2.33. The first-order valence-corrected chi connectivity index (χ1v) is 12.9. The quantitative estimate of drug-likeness (QED) is 0.402. The third-order valence-electron chi connectivity index (χ3n) is 6.82. The van der Waals surface area contributed by atoms with Gasteiger partial charge in [0.05, 0.1) is 48.3 Å². The molecular formula is C28H25Cl2F2N3O3. The number of carbonyl (C=O) groups excluding carboxylic acids is 2. The molecule has 10 heteroatoms. The Morgan fingerprint density at radius 3 is 2.42 bits per heavy atom. The van der Waals surface area contributed by atoms with E-state index in [4.69, 9.17) is 27.9 Å². The van der Waals surface area contributed by atoms with Crippen molar-refractivity contribution < 1.29 is 23.1 Å². The van der Waals surface area contributed by atoms with Gasteiger partial charge in [0.25, 0.3) is 11.8 Å². The maximum absolute atomic E-state index is 14.5. The van der Waals surface area contributed by atoms with Crippen molar-refractivity contribution in [3.05, 3.63) is 81.6 Å². The van der Waals surface area contributed by atoms with Gasteiger partial charge in [0.1, 0.15) is 12.0 Å². The van der Waals surface area contributed by atoms with Crippen molar-refractivity contribution in [1.29, 1.82) is 0 Å². The van der Waals surface area contributed by atoms with E-state index in [0.717, 1.165) is 0 Å². The van der Waals surface area contributed by atoms with Crippen LogP contribution in [0, 0.1) is 5.82 Å². The zero-order chi connectivity index (χ0) is 27.0. The van der Waals surface area contributed by atoms with Crippen molar-refractivity contribution >= 4 is 46.4 Å². The highest BCUT2D eigenvalue weighted by molar-refractivity contribution is 6.35. The van der Waals surface area contributed by atoms with Gasteiger partial charge in [-0.15, -0.1) is 0 Å². The van der Waals surface area contributed by atoms with Gasteiger partial charge in [-0.05, 0) is 48.0 Å². The second-order valence-corrected chi connectivity index (χ2v) is 10.1. The van der Waals surface area contributed by atoms with Gasteiger partial charge in [0.15, 0.2) is 0 Å². The normalized spacial score (nSPS) is 15.8. The third-order valence-corrected chi connectivity index (χ3v) is 7.46. The van der Waals surface area contributed by atoms with Crippen molar-refractivity contribution in [3.8, 4) is 11.1 Å². The number of amides is 2. The molecule has 2 saturated heterocycles. The number of anilines is 2. The van der Waals surface area contributed by atoms with Crippen molar-refractivity contribution in [1.82, 2.24) is 4.90 Å². The molecule has 0 saturated carbocycles. The lowest BCUT2D eigenvalue weighted by Gasteiger charge is -2.39. The number of hydrogen-bond acceptors (Lipinski definition) is 4. The number of hydrogen-bond donors (Lipinski definition) is 0. The monoisotopic (exact) mass is 559 g/mol. The van der Waals surface area contributed by atoms with Crippen LogP contribution in [0.5, 0.6) is 0 Å².